The van der Waals surface area contributed by atoms with Gasteiger partial charge in [-0.05, 0) is 24.2 Å². The van der Waals surface area contributed by atoms with E-state index in [4.69, 9.17) is 0 Å². The molecule has 0 aliphatic carbocycles. The highest BCUT2D eigenvalue weighted by molar-refractivity contribution is 6.04. The quantitative estimate of drug-likeness (QED) is 0.700. The van der Waals surface area contributed by atoms with Crippen LogP contribution in [0.25, 0.3) is 0 Å². The van der Waals surface area contributed by atoms with Gasteiger partial charge in [-0.15, -0.1) is 12.4 Å². The summed E-state index contributed by atoms with van der Waals surface area (Å²) < 4.78 is 14.6. The minimum Gasteiger partial charge on any atom is -0.323 e. The first-order valence-corrected chi connectivity index (χ1v) is 4.37. The summed E-state index contributed by atoms with van der Waals surface area (Å²) in [5.74, 6) is -0.177. The van der Waals surface area contributed by atoms with Crippen molar-refractivity contribution in [1.82, 2.24) is 4.57 Å². The highest BCUT2D eigenvalue weighted by Crippen LogP contribution is 2.05. The van der Waals surface area contributed by atoms with Crippen molar-refractivity contribution < 1.29 is 4.39 Å². The third-order valence-corrected chi connectivity index (χ3v) is 2.12. The van der Waals surface area contributed by atoms with Crippen molar-refractivity contribution in [2.24, 2.45) is 0 Å². The predicted octanol–water partition coefficient (Wildman–Crippen LogP) is 2.15. The van der Waals surface area contributed by atoms with Crippen molar-refractivity contribution in [3.05, 3.63) is 35.6 Å². The lowest BCUT2D eigenvalue weighted by atomic mass is 10.2. The summed E-state index contributed by atoms with van der Waals surface area (Å²) in [7, 11) is 3.40. The fraction of sp³-hybridized carbons (Fsp3) is 0.333. The smallest absolute Gasteiger partial charge is 0.143 e. The molecule has 0 N–H and O–H groups in total. The SMILES string of the molecule is CCN([Si])Cc1cccc(F)c1.Cl. The van der Waals surface area contributed by atoms with Gasteiger partial charge >= 0.3 is 0 Å². The fourth-order valence-corrected chi connectivity index (χ4v) is 1.15. The van der Waals surface area contributed by atoms with Crippen molar-refractivity contribution in [2.75, 3.05) is 6.54 Å². The molecule has 0 spiro atoms. The highest BCUT2D eigenvalue weighted by Gasteiger charge is 1.98. The first-order valence-electron chi connectivity index (χ1n) is 3.93. The van der Waals surface area contributed by atoms with Crippen LogP contribution in [0.3, 0.4) is 0 Å². The molecule has 0 heterocycles. The maximum absolute atomic E-state index is 12.7. The van der Waals surface area contributed by atoms with Gasteiger partial charge in [0.05, 0.1) is 0 Å². The summed E-state index contributed by atoms with van der Waals surface area (Å²) in [6, 6.07) is 6.63. The van der Waals surface area contributed by atoms with Crippen molar-refractivity contribution >= 4 is 22.8 Å². The summed E-state index contributed by atoms with van der Waals surface area (Å²) in [5.41, 5.74) is 0.979. The molecule has 3 radical (unpaired) electrons. The van der Waals surface area contributed by atoms with Crippen LogP contribution in [0, 0.1) is 5.82 Å². The molecule has 0 bridgehead atoms. The molecular weight excluding hydrogens is 205 g/mol. The lowest BCUT2D eigenvalue weighted by Crippen LogP contribution is -2.18. The summed E-state index contributed by atoms with van der Waals surface area (Å²) in [6.07, 6.45) is 0. The molecule has 1 rings (SSSR count). The predicted molar refractivity (Wildman–Crippen MR) is 55.5 cm³/mol. The van der Waals surface area contributed by atoms with Gasteiger partial charge in [0, 0.05) is 6.54 Å². The van der Waals surface area contributed by atoms with E-state index in [0.29, 0.717) is 0 Å². The van der Waals surface area contributed by atoms with Crippen LogP contribution in [-0.4, -0.2) is 21.5 Å². The monoisotopic (exact) mass is 216 g/mol. The lowest BCUT2D eigenvalue weighted by Gasteiger charge is -2.13. The van der Waals surface area contributed by atoms with Gasteiger partial charge in [-0.3, -0.25) is 0 Å². The second-order valence-electron chi connectivity index (χ2n) is 2.64. The molecule has 0 saturated carbocycles. The summed E-state index contributed by atoms with van der Waals surface area (Å²) >= 11 is 0. The van der Waals surface area contributed by atoms with Gasteiger partial charge in [-0.25, -0.2) is 4.39 Å². The van der Waals surface area contributed by atoms with Crippen LogP contribution in [0.2, 0.25) is 0 Å². The van der Waals surface area contributed by atoms with Crippen molar-refractivity contribution in [2.45, 2.75) is 13.5 Å². The topological polar surface area (TPSA) is 3.24 Å². The molecule has 0 aliphatic rings. The molecule has 1 aromatic rings. The molecule has 1 nitrogen and oxygen atoms in total. The Bertz CT molecular complexity index is 257. The van der Waals surface area contributed by atoms with Gasteiger partial charge in [-0.1, -0.05) is 19.1 Å². The summed E-state index contributed by atoms with van der Waals surface area (Å²) in [5, 5.41) is 0. The van der Waals surface area contributed by atoms with Gasteiger partial charge in [0.1, 0.15) is 16.2 Å². The van der Waals surface area contributed by atoms with E-state index >= 15 is 0 Å². The van der Waals surface area contributed by atoms with E-state index in [0.717, 1.165) is 18.7 Å². The summed E-state index contributed by atoms with van der Waals surface area (Å²) in [6.45, 7) is 3.66. The average Bonchev–Trinajstić information content (AvgIpc) is 2.04. The zero-order valence-electron chi connectivity index (χ0n) is 7.46. The minimum absolute atomic E-state index is 0. The Morgan fingerprint density at radius 3 is 2.69 bits per heavy atom. The Hall–Kier alpha value is -0.383. The van der Waals surface area contributed by atoms with Crippen LogP contribution in [0.15, 0.2) is 24.3 Å². The normalized spacial score (nSPS) is 9.85. The van der Waals surface area contributed by atoms with Gasteiger partial charge < -0.3 is 4.57 Å². The zero-order chi connectivity index (χ0) is 8.97. The van der Waals surface area contributed by atoms with E-state index in [1.54, 1.807) is 12.1 Å². The van der Waals surface area contributed by atoms with Crippen LogP contribution in [0.4, 0.5) is 4.39 Å². The maximum atomic E-state index is 12.7. The van der Waals surface area contributed by atoms with Crippen LogP contribution in [-0.2, 0) is 6.54 Å². The maximum Gasteiger partial charge on any atom is 0.143 e. The molecule has 0 saturated heterocycles. The molecule has 0 aromatic heterocycles. The second kappa shape index (κ2) is 6.13. The third-order valence-electron chi connectivity index (χ3n) is 1.64. The molecule has 4 heteroatoms. The largest absolute Gasteiger partial charge is 0.323 e. The fourth-order valence-electron chi connectivity index (χ4n) is 0.968. The lowest BCUT2D eigenvalue weighted by molar-refractivity contribution is 0.472. The molecule has 0 atom stereocenters. The van der Waals surface area contributed by atoms with E-state index < -0.39 is 0 Å². The number of hydrogen-bond donors (Lipinski definition) is 0. The molecule has 1 aromatic carbocycles. The molecule has 0 amide bonds. The zero-order valence-corrected chi connectivity index (χ0v) is 9.27. The van der Waals surface area contributed by atoms with E-state index in [1.165, 1.54) is 6.07 Å². The molecule has 0 aliphatic heterocycles. The number of hydrogen-bond acceptors (Lipinski definition) is 1. The Labute approximate surface area is 87.9 Å². The number of halogens is 2. The van der Waals surface area contributed by atoms with Gasteiger partial charge in [-0.2, -0.15) is 0 Å². The second-order valence-corrected chi connectivity index (χ2v) is 3.28. The van der Waals surface area contributed by atoms with Crippen LogP contribution in [0.5, 0.6) is 0 Å². The number of rotatable bonds is 3. The Kier molecular flexibility index (Phi) is 5.95. The number of benzene rings is 1. The minimum atomic E-state index is -0.177. The van der Waals surface area contributed by atoms with Crippen molar-refractivity contribution in [1.29, 1.82) is 0 Å². The first kappa shape index (κ1) is 12.6. The Morgan fingerprint density at radius 1 is 1.46 bits per heavy atom. The van der Waals surface area contributed by atoms with Crippen molar-refractivity contribution in [3.8, 4) is 0 Å². The van der Waals surface area contributed by atoms with Crippen LogP contribution in [0.1, 0.15) is 12.5 Å². The third kappa shape index (κ3) is 4.41. The first-order chi connectivity index (χ1) is 5.72. The van der Waals surface area contributed by atoms with Crippen molar-refractivity contribution in [3.63, 3.8) is 0 Å². The van der Waals surface area contributed by atoms with E-state index in [1.807, 2.05) is 17.6 Å². The van der Waals surface area contributed by atoms with Crippen LogP contribution >= 0.6 is 12.4 Å². The molecule has 71 valence electrons. The van der Waals surface area contributed by atoms with Gasteiger partial charge in [0.25, 0.3) is 0 Å². The van der Waals surface area contributed by atoms with E-state index in [2.05, 4.69) is 10.4 Å². The Morgan fingerprint density at radius 2 is 2.15 bits per heavy atom. The Balaban J connectivity index is 0.00000144. The molecule has 13 heavy (non-hydrogen) atoms. The molecular formula is C9H12ClFNSi. The molecule has 0 fully saturated rings. The average molecular weight is 217 g/mol. The standard InChI is InChI=1S/C9H11FNSi.ClH/c1-2-11(12)7-8-4-3-5-9(10)6-8;/h3-6H,2,7H2,1H3;1H. The van der Waals surface area contributed by atoms with Gasteiger partial charge in [0.15, 0.2) is 0 Å². The number of nitrogens with zero attached hydrogens (tertiary/aromatic N) is 1. The summed E-state index contributed by atoms with van der Waals surface area (Å²) in [4.78, 5) is 0. The van der Waals surface area contributed by atoms with E-state index in [9.17, 15) is 4.39 Å². The van der Waals surface area contributed by atoms with Crippen LogP contribution < -0.4 is 0 Å². The van der Waals surface area contributed by atoms with Gasteiger partial charge in [0.2, 0.25) is 0 Å². The van der Waals surface area contributed by atoms with E-state index in [-0.39, 0.29) is 18.2 Å². The highest BCUT2D eigenvalue weighted by atomic mass is 35.5. The molecule has 0 unspecified atom stereocenters.